The van der Waals surface area contributed by atoms with E-state index in [0.29, 0.717) is 18.8 Å². The molecule has 2 aromatic rings. The normalized spacial score (nSPS) is 14.5. The van der Waals surface area contributed by atoms with E-state index in [1.807, 2.05) is 26.0 Å². The summed E-state index contributed by atoms with van der Waals surface area (Å²) in [5, 5.41) is 0. The summed E-state index contributed by atoms with van der Waals surface area (Å²) in [6, 6.07) is 11.1. The molecule has 0 unspecified atom stereocenters. The number of carbonyl (C=O) groups excluding carboxylic acids is 3. The van der Waals surface area contributed by atoms with Crippen molar-refractivity contribution in [2.45, 2.75) is 31.6 Å². The van der Waals surface area contributed by atoms with Crippen molar-refractivity contribution >= 4 is 27.6 Å². The van der Waals surface area contributed by atoms with Gasteiger partial charge in [0, 0.05) is 37.1 Å². The largest absolute Gasteiger partial charge is 0.379 e. The molecule has 1 heterocycles. The van der Waals surface area contributed by atoms with E-state index >= 15 is 0 Å². The number of hydrogen-bond donors (Lipinski definition) is 2. The van der Waals surface area contributed by atoms with Crippen molar-refractivity contribution in [3.05, 3.63) is 64.7 Å². The van der Waals surface area contributed by atoms with Crippen LogP contribution in [-0.2, 0) is 19.6 Å². The van der Waals surface area contributed by atoms with Crippen LogP contribution in [0.2, 0.25) is 0 Å². The molecule has 2 amide bonds. The average molecular weight is 474 g/mol. The van der Waals surface area contributed by atoms with Gasteiger partial charge in [0.2, 0.25) is 15.9 Å². The highest BCUT2D eigenvalue weighted by Gasteiger charge is 2.27. The molecule has 10 heteroatoms. The van der Waals surface area contributed by atoms with E-state index in [0.717, 1.165) is 11.1 Å². The zero-order valence-corrected chi connectivity index (χ0v) is 19.4. The fraction of sp³-hybridized carbons (Fsp3) is 0.348. The van der Waals surface area contributed by atoms with Gasteiger partial charge >= 0.3 is 0 Å². The number of aryl methyl sites for hydroxylation is 2. The first-order valence-electron chi connectivity index (χ1n) is 10.6. The molecule has 2 N–H and O–H groups in total. The summed E-state index contributed by atoms with van der Waals surface area (Å²) in [5.74, 6) is -1.35. The molecule has 0 radical (unpaired) electrons. The zero-order chi connectivity index (χ0) is 24.0. The lowest BCUT2D eigenvalue weighted by molar-refractivity contribution is -0.121. The van der Waals surface area contributed by atoms with Gasteiger partial charge in [-0.2, -0.15) is 4.31 Å². The molecule has 0 spiro atoms. The monoisotopic (exact) mass is 473 g/mol. The van der Waals surface area contributed by atoms with E-state index in [2.05, 4.69) is 10.9 Å². The van der Waals surface area contributed by atoms with Crippen LogP contribution in [0.4, 0.5) is 0 Å². The van der Waals surface area contributed by atoms with Crippen molar-refractivity contribution < 1.29 is 27.5 Å². The number of rotatable bonds is 7. The maximum absolute atomic E-state index is 12.8. The molecule has 0 saturated carbocycles. The highest BCUT2D eigenvalue weighted by molar-refractivity contribution is 7.89. The van der Waals surface area contributed by atoms with Crippen LogP contribution in [0.25, 0.3) is 0 Å². The Hall–Kier alpha value is -3.08. The highest BCUT2D eigenvalue weighted by Crippen LogP contribution is 2.18. The van der Waals surface area contributed by atoms with Gasteiger partial charge in [0.1, 0.15) is 0 Å². The number of sulfonamides is 1. The van der Waals surface area contributed by atoms with Crippen molar-refractivity contribution in [3.63, 3.8) is 0 Å². The number of nitrogens with zero attached hydrogens (tertiary/aromatic N) is 1. The molecule has 33 heavy (non-hydrogen) atoms. The van der Waals surface area contributed by atoms with Gasteiger partial charge in [0.05, 0.1) is 18.1 Å². The standard InChI is InChI=1S/C23H27N3O6S/c1-16-6-7-17(2)20(14-16)21(27)8-9-22(28)24-25-23(29)18-4-3-5-19(15-18)33(30,31)26-10-12-32-13-11-26/h3-7,14-15H,8-13H2,1-2H3,(H,24,28)(H,25,29). The Kier molecular flexibility index (Phi) is 7.96. The quantitative estimate of drug-likeness (QED) is 0.467. The summed E-state index contributed by atoms with van der Waals surface area (Å²) in [6.07, 6.45) is -0.1000. The van der Waals surface area contributed by atoms with E-state index in [4.69, 9.17) is 4.74 Å². The third-order valence-electron chi connectivity index (χ3n) is 5.29. The van der Waals surface area contributed by atoms with Crippen LogP contribution in [-0.4, -0.2) is 56.6 Å². The molecular formula is C23H27N3O6S. The van der Waals surface area contributed by atoms with Gasteiger partial charge < -0.3 is 4.74 Å². The number of nitrogens with one attached hydrogen (secondary N) is 2. The molecule has 2 aromatic carbocycles. The summed E-state index contributed by atoms with van der Waals surface area (Å²) in [7, 11) is -3.75. The van der Waals surface area contributed by atoms with Gasteiger partial charge in [0.15, 0.2) is 5.78 Å². The summed E-state index contributed by atoms with van der Waals surface area (Å²) in [4.78, 5) is 36.9. The van der Waals surface area contributed by atoms with Crippen LogP contribution in [0.5, 0.6) is 0 Å². The molecule has 0 aliphatic carbocycles. The molecule has 0 bridgehead atoms. The number of ketones is 1. The first-order valence-corrected chi connectivity index (χ1v) is 12.0. The van der Waals surface area contributed by atoms with Gasteiger partial charge in [-0.1, -0.05) is 23.8 Å². The Morgan fingerprint density at radius 1 is 0.970 bits per heavy atom. The maximum atomic E-state index is 12.8. The minimum atomic E-state index is -3.75. The van der Waals surface area contributed by atoms with E-state index in [1.54, 1.807) is 6.07 Å². The van der Waals surface area contributed by atoms with Crippen molar-refractivity contribution in [1.29, 1.82) is 0 Å². The SMILES string of the molecule is Cc1ccc(C)c(C(=O)CCC(=O)NNC(=O)c2cccc(S(=O)(=O)N3CCOCC3)c2)c1. The van der Waals surface area contributed by atoms with Gasteiger partial charge in [-0.25, -0.2) is 8.42 Å². The second-order valence-corrected chi connectivity index (χ2v) is 9.73. The molecule has 0 aromatic heterocycles. The Morgan fingerprint density at radius 2 is 1.70 bits per heavy atom. The molecule has 176 valence electrons. The topological polar surface area (TPSA) is 122 Å². The van der Waals surface area contributed by atoms with Crippen LogP contribution in [0.15, 0.2) is 47.4 Å². The number of carbonyl (C=O) groups is 3. The fourth-order valence-corrected chi connectivity index (χ4v) is 4.85. The first kappa shape index (κ1) is 24.6. The summed E-state index contributed by atoms with van der Waals surface area (Å²) in [5.41, 5.74) is 6.98. The number of benzene rings is 2. The molecule has 1 aliphatic heterocycles. The average Bonchev–Trinajstić information content (AvgIpc) is 2.83. The third kappa shape index (κ3) is 6.25. The van der Waals surface area contributed by atoms with Gasteiger partial charge in [-0.15, -0.1) is 0 Å². The summed E-state index contributed by atoms with van der Waals surface area (Å²) >= 11 is 0. The second kappa shape index (κ2) is 10.7. The van der Waals surface area contributed by atoms with Crippen LogP contribution < -0.4 is 10.9 Å². The Morgan fingerprint density at radius 3 is 2.42 bits per heavy atom. The van der Waals surface area contributed by atoms with E-state index in [1.165, 1.54) is 28.6 Å². The van der Waals surface area contributed by atoms with Gasteiger partial charge in [0.25, 0.3) is 5.91 Å². The summed E-state index contributed by atoms with van der Waals surface area (Å²) < 4.78 is 32.0. The smallest absolute Gasteiger partial charge is 0.269 e. The number of morpholine rings is 1. The predicted octanol–water partition coefficient (Wildman–Crippen LogP) is 1.75. The number of hydrogen-bond acceptors (Lipinski definition) is 6. The highest BCUT2D eigenvalue weighted by atomic mass is 32.2. The van der Waals surface area contributed by atoms with Gasteiger partial charge in [-0.05, 0) is 43.7 Å². The van der Waals surface area contributed by atoms with E-state index in [-0.39, 0.29) is 42.2 Å². The Balaban J connectivity index is 1.55. The van der Waals surface area contributed by atoms with Crippen molar-refractivity contribution in [3.8, 4) is 0 Å². The fourth-order valence-electron chi connectivity index (χ4n) is 3.39. The number of hydrazine groups is 1. The van der Waals surface area contributed by atoms with Gasteiger partial charge in [-0.3, -0.25) is 25.2 Å². The van der Waals surface area contributed by atoms with E-state index < -0.39 is 21.8 Å². The molecule has 1 aliphatic rings. The second-order valence-electron chi connectivity index (χ2n) is 7.79. The number of Topliss-reactive ketones (excluding diaryl/α,β-unsaturated/α-hetero) is 1. The summed E-state index contributed by atoms with van der Waals surface area (Å²) in [6.45, 7) is 4.85. The van der Waals surface area contributed by atoms with Crippen LogP contribution in [0.3, 0.4) is 0 Å². The third-order valence-corrected chi connectivity index (χ3v) is 7.19. The lowest BCUT2D eigenvalue weighted by Crippen LogP contribution is -2.42. The predicted molar refractivity (Wildman–Crippen MR) is 121 cm³/mol. The number of amides is 2. The van der Waals surface area contributed by atoms with Crippen LogP contribution >= 0.6 is 0 Å². The van der Waals surface area contributed by atoms with Crippen LogP contribution in [0, 0.1) is 13.8 Å². The lowest BCUT2D eigenvalue weighted by Gasteiger charge is -2.26. The first-order chi connectivity index (χ1) is 15.7. The lowest BCUT2D eigenvalue weighted by atomic mass is 9.99. The molecule has 1 fully saturated rings. The zero-order valence-electron chi connectivity index (χ0n) is 18.6. The van der Waals surface area contributed by atoms with Crippen molar-refractivity contribution in [1.82, 2.24) is 15.2 Å². The molecular weight excluding hydrogens is 446 g/mol. The molecule has 9 nitrogen and oxygen atoms in total. The molecule has 1 saturated heterocycles. The van der Waals surface area contributed by atoms with Crippen LogP contribution in [0.1, 0.15) is 44.7 Å². The maximum Gasteiger partial charge on any atom is 0.269 e. The Labute approximate surface area is 193 Å². The molecule has 3 rings (SSSR count). The Bertz CT molecular complexity index is 1160. The number of ether oxygens (including phenoxy) is 1. The van der Waals surface area contributed by atoms with Crippen molar-refractivity contribution in [2.75, 3.05) is 26.3 Å². The van der Waals surface area contributed by atoms with E-state index in [9.17, 15) is 22.8 Å². The minimum absolute atomic E-state index is 0.000719. The molecule has 0 atom stereocenters. The van der Waals surface area contributed by atoms with Crippen molar-refractivity contribution in [2.24, 2.45) is 0 Å². The minimum Gasteiger partial charge on any atom is -0.379 e.